The highest BCUT2D eigenvalue weighted by atomic mass is 16.5. The molecule has 2 aromatic rings. The zero-order valence-corrected chi connectivity index (χ0v) is 12.3. The van der Waals surface area contributed by atoms with E-state index in [2.05, 4.69) is 0 Å². The molecular weight excluding hydrogens is 266 g/mol. The number of rotatable bonds is 6. The average molecular weight is 287 g/mol. The number of aliphatic hydroxyl groups excluding tert-OH is 1. The second kappa shape index (κ2) is 7.11. The first-order valence-corrected chi connectivity index (χ1v) is 6.86. The summed E-state index contributed by atoms with van der Waals surface area (Å²) in [4.78, 5) is 0. The van der Waals surface area contributed by atoms with Crippen molar-refractivity contribution in [1.29, 1.82) is 0 Å². The van der Waals surface area contributed by atoms with Crippen molar-refractivity contribution in [2.75, 3.05) is 20.8 Å². The molecule has 4 heteroatoms. The Kier molecular flexibility index (Phi) is 5.20. The van der Waals surface area contributed by atoms with Crippen LogP contribution in [0.2, 0.25) is 0 Å². The van der Waals surface area contributed by atoms with Crippen molar-refractivity contribution in [3.05, 3.63) is 59.7 Å². The molecule has 0 bridgehead atoms. The molecule has 3 N–H and O–H groups in total. The van der Waals surface area contributed by atoms with Crippen LogP contribution in [0.25, 0.3) is 0 Å². The molecule has 4 nitrogen and oxygen atoms in total. The summed E-state index contributed by atoms with van der Waals surface area (Å²) in [6, 6.07) is 15.0. The van der Waals surface area contributed by atoms with Gasteiger partial charge >= 0.3 is 0 Å². The summed E-state index contributed by atoms with van der Waals surface area (Å²) in [5.41, 5.74) is 7.52. The highest BCUT2D eigenvalue weighted by molar-refractivity contribution is 5.42. The number of nitrogens with two attached hydrogens (primary N) is 1. The van der Waals surface area contributed by atoms with Crippen molar-refractivity contribution >= 4 is 0 Å². The van der Waals surface area contributed by atoms with E-state index in [0.717, 1.165) is 16.9 Å². The number of hydrogen-bond acceptors (Lipinski definition) is 4. The first-order valence-electron chi connectivity index (χ1n) is 6.86. The topological polar surface area (TPSA) is 64.7 Å². The van der Waals surface area contributed by atoms with Crippen molar-refractivity contribution in [3.8, 4) is 11.5 Å². The Morgan fingerprint density at radius 3 is 1.90 bits per heavy atom. The van der Waals surface area contributed by atoms with Gasteiger partial charge in [-0.05, 0) is 12.1 Å². The van der Waals surface area contributed by atoms with Crippen LogP contribution in [-0.2, 0) is 0 Å². The third-order valence-corrected chi connectivity index (χ3v) is 3.63. The third-order valence-electron chi connectivity index (χ3n) is 3.63. The molecule has 0 heterocycles. The molecule has 0 aliphatic carbocycles. The normalized spacial score (nSPS) is 13.5. The zero-order chi connectivity index (χ0) is 15.2. The number of methoxy groups -OCH3 is 2. The lowest BCUT2D eigenvalue weighted by atomic mass is 9.88. The highest BCUT2D eigenvalue weighted by Gasteiger charge is 2.26. The van der Waals surface area contributed by atoms with Crippen LogP contribution in [0.5, 0.6) is 11.5 Å². The van der Waals surface area contributed by atoms with Crippen molar-refractivity contribution in [2.24, 2.45) is 5.73 Å². The number of para-hydroxylation sites is 2. The van der Waals surface area contributed by atoms with Crippen LogP contribution in [0.3, 0.4) is 0 Å². The van der Waals surface area contributed by atoms with Gasteiger partial charge in [0.05, 0.1) is 20.3 Å². The van der Waals surface area contributed by atoms with Crippen LogP contribution >= 0.6 is 0 Å². The van der Waals surface area contributed by atoms with Gasteiger partial charge in [-0.2, -0.15) is 0 Å². The fourth-order valence-electron chi connectivity index (χ4n) is 2.53. The van der Waals surface area contributed by atoms with Gasteiger partial charge in [0.2, 0.25) is 0 Å². The Morgan fingerprint density at radius 2 is 1.38 bits per heavy atom. The van der Waals surface area contributed by atoms with Gasteiger partial charge in [-0.25, -0.2) is 0 Å². The summed E-state index contributed by atoms with van der Waals surface area (Å²) in [5, 5.41) is 10.8. The maximum atomic E-state index is 10.8. The molecule has 2 unspecified atom stereocenters. The Labute approximate surface area is 125 Å². The molecule has 21 heavy (non-hydrogen) atoms. The predicted molar refractivity (Wildman–Crippen MR) is 82.7 cm³/mol. The fourth-order valence-corrected chi connectivity index (χ4v) is 2.53. The standard InChI is InChI=1S/C17H21NO3/c1-20-15-9-5-3-7-12(15)14(11-18)17(19)13-8-4-6-10-16(13)21-2/h3-10,14,17,19H,11,18H2,1-2H3. The molecule has 2 aromatic carbocycles. The van der Waals surface area contributed by atoms with Gasteiger partial charge in [-0.15, -0.1) is 0 Å². The van der Waals surface area contributed by atoms with Gasteiger partial charge in [0.25, 0.3) is 0 Å². The first-order chi connectivity index (χ1) is 10.2. The minimum Gasteiger partial charge on any atom is -0.496 e. The van der Waals surface area contributed by atoms with Crippen LogP contribution in [0.1, 0.15) is 23.1 Å². The molecule has 0 aromatic heterocycles. The minimum absolute atomic E-state index is 0.266. The largest absolute Gasteiger partial charge is 0.496 e. The molecule has 0 saturated heterocycles. The van der Waals surface area contributed by atoms with Crippen LogP contribution < -0.4 is 15.2 Å². The van der Waals surface area contributed by atoms with Gasteiger partial charge in [0.1, 0.15) is 11.5 Å². The SMILES string of the molecule is COc1ccccc1C(O)C(CN)c1ccccc1OC. The van der Waals surface area contributed by atoms with Crippen molar-refractivity contribution < 1.29 is 14.6 Å². The Bertz CT molecular complexity index is 586. The second-order valence-electron chi connectivity index (χ2n) is 4.77. The Hall–Kier alpha value is -2.04. The molecular formula is C17H21NO3. The van der Waals surface area contributed by atoms with Crippen LogP contribution in [0, 0.1) is 0 Å². The molecule has 0 spiro atoms. The third kappa shape index (κ3) is 3.17. The van der Waals surface area contributed by atoms with E-state index in [1.165, 1.54) is 0 Å². The quantitative estimate of drug-likeness (QED) is 0.856. The first kappa shape index (κ1) is 15.4. The number of ether oxygens (including phenoxy) is 2. The monoisotopic (exact) mass is 287 g/mol. The molecule has 0 saturated carbocycles. The Morgan fingerprint density at radius 1 is 0.905 bits per heavy atom. The molecule has 0 amide bonds. The number of aliphatic hydroxyl groups is 1. The summed E-state index contributed by atoms with van der Waals surface area (Å²) >= 11 is 0. The average Bonchev–Trinajstić information content (AvgIpc) is 2.55. The predicted octanol–water partition coefficient (Wildman–Crippen LogP) is 2.48. The molecule has 0 aliphatic rings. The summed E-state index contributed by atoms with van der Waals surface area (Å²) < 4.78 is 10.7. The molecule has 0 radical (unpaired) electrons. The molecule has 112 valence electrons. The Balaban J connectivity index is 2.41. The molecule has 2 rings (SSSR count). The van der Waals surface area contributed by atoms with Crippen molar-refractivity contribution in [1.82, 2.24) is 0 Å². The van der Waals surface area contributed by atoms with E-state index in [9.17, 15) is 5.11 Å². The summed E-state index contributed by atoms with van der Waals surface area (Å²) in [6.45, 7) is 0.305. The lowest BCUT2D eigenvalue weighted by Crippen LogP contribution is -2.21. The maximum absolute atomic E-state index is 10.8. The van der Waals surface area contributed by atoms with Crippen LogP contribution in [-0.4, -0.2) is 25.9 Å². The highest BCUT2D eigenvalue weighted by Crippen LogP contribution is 2.38. The number of benzene rings is 2. The summed E-state index contributed by atoms with van der Waals surface area (Å²) in [6.07, 6.45) is -0.762. The smallest absolute Gasteiger partial charge is 0.124 e. The van der Waals surface area contributed by atoms with E-state index < -0.39 is 6.10 Å². The van der Waals surface area contributed by atoms with E-state index in [-0.39, 0.29) is 5.92 Å². The zero-order valence-electron chi connectivity index (χ0n) is 12.3. The second-order valence-corrected chi connectivity index (χ2v) is 4.77. The lowest BCUT2D eigenvalue weighted by Gasteiger charge is -2.25. The molecule has 0 aliphatic heterocycles. The van der Waals surface area contributed by atoms with Crippen molar-refractivity contribution in [3.63, 3.8) is 0 Å². The van der Waals surface area contributed by atoms with E-state index in [4.69, 9.17) is 15.2 Å². The fraction of sp³-hybridized carbons (Fsp3) is 0.294. The summed E-state index contributed by atoms with van der Waals surface area (Å²) in [5.74, 6) is 1.11. The minimum atomic E-state index is -0.762. The lowest BCUT2D eigenvalue weighted by molar-refractivity contribution is 0.142. The van der Waals surface area contributed by atoms with Crippen LogP contribution in [0.4, 0.5) is 0 Å². The molecule has 0 fully saturated rings. The van der Waals surface area contributed by atoms with Gasteiger partial charge in [0, 0.05) is 23.6 Å². The van der Waals surface area contributed by atoms with E-state index in [0.29, 0.717) is 12.3 Å². The van der Waals surface area contributed by atoms with Crippen LogP contribution in [0.15, 0.2) is 48.5 Å². The van der Waals surface area contributed by atoms with Gasteiger partial charge in [0.15, 0.2) is 0 Å². The van der Waals surface area contributed by atoms with E-state index in [1.54, 1.807) is 14.2 Å². The van der Waals surface area contributed by atoms with Gasteiger partial charge in [-0.3, -0.25) is 0 Å². The van der Waals surface area contributed by atoms with E-state index >= 15 is 0 Å². The summed E-state index contributed by atoms with van der Waals surface area (Å²) in [7, 11) is 3.20. The maximum Gasteiger partial charge on any atom is 0.124 e. The van der Waals surface area contributed by atoms with Gasteiger partial charge in [-0.1, -0.05) is 36.4 Å². The number of hydrogen-bond donors (Lipinski definition) is 2. The van der Waals surface area contributed by atoms with Gasteiger partial charge < -0.3 is 20.3 Å². The van der Waals surface area contributed by atoms with E-state index in [1.807, 2.05) is 48.5 Å². The van der Waals surface area contributed by atoms with Crippen molar-refractivity contribution in [2.45, 2.75) is 12.0 Å². The molecule has 2 atom stereocenters.